The molecule has 0 aromatic carbocycles. The highest BCUT2D eigenvalue weighted by Crippen LogP contribution is 2.64. The number of carbonyl (C=O) groups excluding carboxylic acids is 1. The number of hydrogen-bond donors (Lipinski definition) is 2. The first-order valence-corrected chi connectivity index (χ1v) is 18.2. The molecule has 0 radical (unpaired) electrons. The average molecular weight is 546 g/mol. The molecule has 1 heterocycles. The molecule has 216 valence electrons. The van der Waals surface area contributed by atoms with E-state index in [4.69, 9.17) is 9.16 Å². The van der Waals surface area contributed by atoms with Gasteiger partial charge < -0.3 is 14.5 Å². The second kappa shape index (κ2) is 10.9. The minimum atomic E-state index is -1.88. The van der Waals surface area contributed by atoms with E-state index in [2.05, 4.69) is 76.3 Å². The molecule has 0 bridgehead atoms. The standard InChI is InChI=1S/C31H55N3O3Si/c1-10-22-12-13-25-24(19-32-28(35)36-11-2)26(14-15-30(22,25)6)31(7)17-21-18-33-34-27(21)16-23(31)20-37-38(8,9)29(3,4)5/h18,22-26H,10-17,19-20H2,1-9H3,(H,32,35)(H,33,34)/t22-,23+,24-,25-,26-,30+,31-/m0/s1. The number of aromatic nitrogens is 2. The van der Waals surface area contributed by atoms with Gasteiger partial charge in [-0.25, -0.2) is 4.79 Å². The summed E-state index contributed by atoms with van der Waals surface area (Å²) in [5.74, 6) is 2.82. The lowest BCUT2D eigenvalue weighted by Crippen LogP contribution is -2.55. The number of fused-ring (bicyclic) bond motifs is 2. The molecule has 1 aromatic rings. The Hall–Kier alpha value is -1.34. The van der Waals surface area contributed by atoms with Gasteiger partial charge in [-0.2, -0.15) is 5.10 Å². The van der Waals surface area contributed by atoms with Crippen LogP contribution in [0.15, 0.2) is 6.20 Å². The minimum Gasteiger partial charge on any atom is -0.450 e. The third-order valence-corrected chi connectivity index (χ3v) is 16.4. The van der Waals surface area contributed by atoms with E-state index in [9.17, 15) is 4.79 Å². The molecule has 0 unspecified atom stereocenters. The summed E-state index contributed by atoms with van der Waals surface area (Å²) in [5.41, 5.74) is 3.12. The lowest BCUT2D eigenvalue weighted by molar-refractivity contribution is -0.0719. The molecule has 7 heteroatoms. The predicted octanol–water partition coefficient (Wildman–Crippen LogP) is 7.37. The number of rotatable bonds is 8. The van der Waals surface area contributed by atoms with Crippen molar-refractivity contribution in [3.63, 3.8) is 0 Å². The van der Waals surface area contributed by atoms with Crippen molar-refractivity contribution < 1.29 is 14.0 Å². The normalized spacial score (nSPS) is 35.4. The summed E-state index contributed by atoms with van der Waals surface area (Å²) in [5, 5.41) is 11.2. The van der Waals surface area contributed by atoms with E-state index < -0.39 is 8.32 Å². The molecule has 0 saturated heterocycles. The predicted molar refractivity (Wildman–Crippen MR) is 157 cm³/mol. The number of alkyl carbamates (subject to hydrolysis) is 1. The largest absolute Gasteiger partial charge is 0.450 e. The number of hydrogen-bond acceptors (Lipinski definition) is 4. The molecular weight excluding hydrogens is 490 g/mol. The van der Waals surface area contributed by atoms with E-state index in [0.29, 0.717) is 42.2 Å². The molecule has 1 amide bonds. The maximum absolute atomic E-state index is 12.5. The van der Waals surface area contributed by atoms with Crippen LogP contribution in [0.4, 0.5) is 4.79 Å². The molecule has 4 rings (SSSR count). The smallest absolute Gasteiger partial charge is 0.407 e. The lowest BCUT2D eigenvalue weighted by atomic mass is 9.49. The molecule has 0 spiro atoms. The first kappa shape index (κ1) is 29.6. The lowest BCUT2D eigenvalue weighted by Gasteiger charge is -2.57. The van der Waals surface area contributed by atoms with Crippen LogP contribution in [-0.2, 0) is 22.0 Å². The van der Waals surface area contributed by atoms with Gasteiger partial charge >= 0.3 is 6.09 Å². The summed E-state index contributed by atoms with van der Waals surface area (Å²) in [7, 11) is -1.88. The molecule has 6 nitrogen and oxygen atoms in total. The van der Waals surface area contributed by atoms with Crippen LogP contribution in [0.5, 0.6) is 0 Å². The average Bonchev–Trinajstić information content (AvgIpc) is 3.43. The Kier molecular flexibility index (Phi) is 8.51. The molecular formula is C31H55N3O3Si. The summed E-state index contributed by atoms with van der Waals surface area (Å²) >= 11 is 0. The number of nitrogens with one attached hydrogen (secondary N) is 2. The summed E-state index contributed by atoms with van der Waals surface area (Å²) < 4.78 is 12.2. The van der Waals surface area contributed by atoms with Crippen LogP contribution in [0.1, 0.15) is 91.8 Å². The van der Waals surface area contributed by atoms with Crippen LogP contribution >= 0.6 is 0 Å². The molecule has 7 atom stereocenters. The Morgan fingerprint density at radius 2 is 1.84 bits per heavy atom. The van der Waals surface area contributed by atoms with Crippen molar-refractivity contribution in [2.75, 3.05) is 19.8 Å². The Balaban J connectivity index is 1.67. The van der Waals surface area contributed by atoms with Crippen molar-refractivity contribution in [1.82, 2.24) is 15.5 Å². The van der Waals surface area contributed by atoms with Gasteiger partial charge in [0.1, 0.15) is 0 Å². The van der Waals surface area contributed by atoms with Gasteiger partial charge in [-0.1, -0.05) is 48.0 Å². The van der Waals surface area contributed by atoms with E-state index in [0.717, 1.165) is 25.4 Å². The third-order valence-electron chi connectivity index (χ3n) is 11.9. The monoisotopic (exact) mass is 545 g/mol. The van der Waals surface area contributed by atoms with Gasteiger partial charge in [0.05, 0.1) is 12.8 Å². The van der Waals surface area contributed by atoms with Crippen molar-refractivity contribution in [2.24, 2.45) is 40.4 Å². The van der Waals surface area contributed by atoms with Gasteiger partial charge in [0.25, 0.3) is 0 Å². The fraction of sp³-hybridized carbons (Fsp3) is 0.871. The molecule has 3 aliphatic carbocycles. The highest BCUT2D eigenvalue weighted by atomic mass is 28.4. The maximum Gasteiger partial charge on any atom is 0.407 e. The Labute approximate surface area is 232 Å². The Morgan fingerprint density at radius 3 is 2.50 bits per heavy atom. The van der Waals surface area contributed by atoms with Gasteiger partial charge in [0, 0.05) is 18.8 Å². The van der Waals surface area contributed by atoms with Crippen LogP contribution in [0.3, 0.4) is 0 Å². The van der Waals surface area contributed by atoms with Crippen LogP contribution in [0, 0.1) is 40.4 Å². The van der Waals surface area contributed by atoms with Crippen molar-refractivity contribution in [1.29, 1.82) is 0 Å². The van der Waals surface area contributed by atoms with Gasteiger partial charge in [0.15, 0.2) is 8.32 Å². The van der Waals surface area contributed by atoms with Gasteiger partial charge in [0.2, 0.25) is 0 Å². The fourth-order valence-electron chi connectivity index (χ4n) is 8.46. The summed E-state index contributed by atoms with van der Waals surface area (Å²) in [4.78, 5) is 12.5. The molecule has 38 heavy (non-hydrogen) atoms. The number of H-pyrrole nitrogens is 1. The number of carbonyl (C=O) groups is 1. The third kappa shape index (κ3) is 5.35. The van der Waals surface area contributed by atoms with Crippen LogP contribution in [-0.4, -0.2) is 44.4 Å². The van der Waals surface area contributed by atoms with Gasteiger partial charge in [-0.15, -0.1) is 0 Å². The van der Waals surface area contributed by atoms with Crippen molar-refractivity contribution in [3.8, 4) is 0 Å². The quantitative estimate of drug-likeness (QED) is 0.334. The highest BCUT2D eigenvalue weighted by molar-refractivity contribution is 6.74. The number of nitrogens with zero attached hydrogens (tertiary/aromatic N) is 1. The topological polar surface area (TPSA) is 76.2 Å². The van der Waals surface area contributed by atoms with Crippen LogP contribution < -0.4 is 5.32 Å². The van der Waals surface area contributed by atoms with Crippen LogP contribution in [0.25, 0.3) is 0 Å². The molecule has 2 fully saturated rings. The van der Waals surface area contributed by atoms with Crippen molar-refractivity contribution in [2.45, 2.75) is 112 Å². The Morgan fingerprint density at radius 1 is 1.13 bits per heavy atom. The SMILES string of the molecule is CCOC(=O)NC[C@@H]1[C@@H]([C@@]2(C)Cc3cn[nH]c3C[C@@H]2CO[Si](C)(C)C(C)(C)C)CC[C@]2(C)[C@@H](CC)CC[C@@H]12. The van der Waals surface area contributed by atoms with Crippen molar-refractivity contribution >= 4 is 14.4 Å². The zero-order valence-corrected chi connectivity index (χ0v) is 26.7. The van der Waals surface area contributed by atoms with Gasteiger partial charge in [-0.05, 0) is 110 Å². The second-order valence-corrected chi connectivity index (χ2v) is 19.5. The van der Waals surface area contributed by atoms with Crippen molar-refractivity contribution in [3.05, 3.63) is 17.5 Å². The van der Waals surface area contributed by atoms with E-state index in [1.54, 1.807) is 0 Å². The second-order valence-electron chi connectivity index (χ2n) is 14.7. The van der Waals surface area contributed by atoms with E-state index >= 15 is 0 Å². The maximum atomic E-state index is 12.5. The van der Waals surface area contributed by atoms with Crippen LogP contribution in [0.2, 0.25) is 18.1 Å². The molecule has 2 N–H and O–H groups in total. The molecule has 1 aromatic heterocycles. The highest BCUT2D eigenvalue weighted by Gasteiger charge is 2.58. The molecule has 0 aliphatic heterocycles. The van der Waals surface area contributed by atoms with E-state index in [-0.39, 0.29) is 16.5 Å². The first-order valence-electron chi connectivity index (χ1n) is 15.3. The number of amides is 1. The molecule has 3 aliphatic rings. The van der Waals surface area contributed by atoms with E-state index in [1.807, 2.05) is 6.92 Å². The summed E-state index contributed by atoms with van der Waals surface area (Å²) in [6.45, 7) is 23.0. The molecule has 2 saturated carbocycles. The zero-order valence-electron chi connectivity index (χ0n) is 25.7. The van der Waals surface area contributed by atoms with Gasteiger partial charge in [-0.3, -0.25) is 5.10 Å². The number of aromatic amines is 1. The fourth-order valence-corrected chi connectivity index (χ4v) is 9.51. The summed E-state index contributed by atoms with van der Waals surface area (Å²) in [6.07, 6.45) is 10.2. The Bertz CT molecular complexity index is 972. The zero-order chi connectivity index (χ0) is 27.9. The minimum absolute atomic E-state index is 0.0892. The van der Waals surface area contributed by atoms with E-state index in [1.165, 1.54) is 43.4 Å². The first-order chi connectivity index (χ1) is 17.8. The summed E-state index contributed by atoms with van der Waals surface area (Å²) in [6, 6.07) is 0. The number of ether oxygens (including phenoxy) is 1.